The molecule has 2 heterocycles. The number of benzene rings is 2. The smallest absolute Gasteiger partial charge is 0.243 e. The van der Waals surface area contributed by atoms with E-state index in [4.69, 9.17) is 9.72 Å². The van der Waals surface area contributed by atoms with Crippen LogP contribution < -0.4 is 0 Å². The maximum absolute atomic E-state index is 13.3. The highest BCUT2D eigenvalue weighted by Crippen LogP contribution is 2.31. The topological polar surface area (TPSA) is 64.4 Å². The van der Waals surface area contributed by atoms with E-state index in [1.165, 1.54) is 5.56 Å². The lowest BCUT2D eigenvalue weighted by Crippen LogP contribution is -2.39. The predicted molar refractivity (Wildman–Crippen MR) is 142 cm³/mol. The number of aromatic nitrogens is 2. The van der Waals surface area contributed by atoms with Crippen molar-refractivity contribution >= 4 is 48.7 Å². The first-order chi connectivity index (χ1) is 16.4. The monoisotopic (exact) mass is 565 g/mol. The van der Waals surface area contributed by atoms with Crippen molar-refractivity contribution < 1.29 is 13.2 Å². The van der Waals surface area contributed by atoms with E-state index in [1.54, 1.807) is 28.2 Å². The van der Waals surface area contributed by atoms with Crippen LogP contribution in [-0.2, 0) is 27.1 Å². The molecule has 4 rings (SSSR count). The molecule has 6 nitrogen and oxygen atoms in total. The fourth-order valence-electron chi connectivity index (χ4n) is 4.31. The molecule has 0 bridgehead atoms. The molecule has 1 fully saturated rings. The number of hydrogen-bond acceptors (Lipinski definition) is 5. The zero-order valence-electron chi connectivity index (χ0n) is 19.7. The Labute approximate surface area is 215 Å². The standard InChI is InChI=1S/C25H32BrN3O3S2/c1-3-32-15-7-14-29-24-12-11-21(34(30,31)28-13-6-8-19(2)17-28)16-23(24)27-25(29)33-18-20-9-4-5-10-22(20)26/h4-5,9-12,16,19H,3,6-8,13-15,17-18H2,1-2H3. The molecule has 1 saturated heterocycles. The van der Waals surface area contributed by atoms with E-state index >= 15 is 0 Å². The van der Waals surface area contributed by atoms with Gasteiger partial charge in [-0.2, -0.15) is 4.31 Å². The van der Waals surface area contributed by atoms with Crippen LogP contribution in [0.15, 0.2) is 57.0 Å². The lowest BCUT2D eigenvalue weighted by Gasteiger charge is -2.30. The van der Waals surface area contributed by atoms with Crippen molar-refractivity contribution in [3.05, 3.63) is 52.5 Å². The molecule has 1 aromatic heterocycles. The molecule has 1 unspecified atom stereocenters. The third-order valence-electron chi connectivity index (χ3n) is 6.13. The van der Waals surface area contributed by atoms with Crippen LogP contribution in [0, 0.1) is 5.92 Å². The Bertz CT molecular complexity index is 1230. The number of aryl methyl sites for hydroxylation is 1. The van der Waals surface area contributed by atoms with Crippen LogP contribution in [-0.4, -0.2) is 48.6 Å². The summed E-state index contributed by atoms with van der Waals surface area (Å²) in [5.41, 5.74) is 2.87. The third-order valence-corrected chi connectivity index (χ3v) is 9.79. The van der Waals surface area contributed by atoms with E-state index in [0.717, 1.165) is 52.2 Å². The quantitative estimate of drug-likeness (QED) is 0.225. The maximum atomic E-state index is 13.3. The minimum atomic E-state index is -3.52. The number of hydrogen-bond donors (Lipinski definition) is 0. The minimum absolute atomic E-state index is 0.329. The Morgan fingerprint density at radius 2 is 2.06 bits per heavy atom. The SMILES string of the molecule is CCOCCCn1c(SCc2ccccc2Br)nc2cc(S(=O)(=O)N3CCCC(C)C3)ccc21. The number of imidazole rings is 1. The molecule has 1 aliphatic rings. The van der Waals surface area contributed by atoms with Gasteiger partial charge in [-0.15, -0.1) is 0 Å². The Hall–Kier alpha value is -1.39. The molecule has 3 aromatic rings. The van der Waals surface area contributed by atoms with Gasteiger partial charge in [0.15, 0.2) is 5.16 Å². The summed E-state index contributed by atoms with van der Waals surface area (Å²) in [6, 6.07) is 13.6. The number of fused-ring (bicyclic) bond motifs is 1. The molecule has 0 saturated carbocycles. The van der Waals surface area contributed by atoms with Crippen LogP contribution in [0.3, 0.4) is 0 Å². The minimum Gasteiger partial charge on any atom is -0.382 e. The van der Waals surface area contributed by atoms with Gasteiger partial charge in [-0.25, -0.2) is 13.4 Å². The van der Waals surface area contributed by atoms with Gasteiger partial charge in [0.25, 0.3) is 0 Å². The first-order valence-electron chi connectivity index (χ1n) is 11.8. The summed E-state index contributed by atoms with van der Waals surface area (Å²) in [6.45, 7) is 7.43. The van der Waals surface area contributed by atoms with Crippen LogP contribution >= 0.6 is 27.7 Å². The van der Waals surface area contributed by atoms with Crippen LogP contribution in [0.25, 0.3) is 11.0 Å². The summed E-state index contributed by atoms with van der Waals surface area (Å²) in [7, 11) is -3.52. The van der Waals surface area contributed by atoms with Crippen LogP contribution in [0.2, 0.25) is 0 Å². The van der Waals surface area contributed by atoms with E-state index in [2.05, 4.69) is 33.5 Å². The highest BCUT2D eigenvalue weighted by Gasteiger charge is 2.29. The zero-order chi connectivity index (χ0) is 24.1. The molecule has 34 heavy (non-hydrogen) atoms. The Morgan fingerprint density at radius 3 is 2.82 bits per heavy atom. The van der Waals surface area contributed by atoms with Crippen molar-refractivity contribution in [3.63, 3.8) is 0 Å². The third kappa shape index (κ3) is 5.87. The van der Waals surface area contributed by atoms with Gasteiger partial charge >= 0.3 is 0 Å². The van der Waals surface area contributed by atoms with Crippen molar-refractivity contribution in [3.8, 4) is 0 Å². The second-order valence-electron chi connectivity index (χ2n) is 8.74. The number of nitrogens with zero attached hydrogens (tertiary/aromatic N) is 3. The molecule has 0 amide bonds. The Morgan fingerprint density at radius 1 is 1.24 bits per heavy atom. The highest BCUT2D eigenvalue weighted by molar-refractivity contribution is 9.10. The number of thioether (sulfide) groups is 1. The predicted octanol–water partition coefficient (Wildman–Crippen LogP) is 5.94. The largest absolute Gasteiger partial charge is 0.382 e. The molecule has 0 spiro atoms. The fourth-order valence-corrected chi connectivity index (χ4v) is 7.59. The number of halogens is 1. The van der Waals surface area contributed by atoms with E-state index in [0.29, 0.717) is 37.1 Å². The maximum Gasteiger partial charge on any atom is 0.243 e. The first-order valence-corrected chi connectivity index (χ1v) is 15.1. The molecule has 0 aliphatic carbocycles. The number of sulfonamides is 1. The van der Waals surface area contributed by atoms with E-state index in [1.807, 2.05) is 31.2 Å². The normalized spacial score (nSPS) is 17.4. The van der Waals surface area contributed by atoms with Gasteiger partial charge in [-0.05, 0) is 61.9 Å². The van der Waals surface area contributed by atoms with Gasteiger partial charge in [0.05, 0.1) is 15.9 Å². The summed E-state index contributed by atoms with van der Waals surface area (Å²) in [5.74, 6) is 1.16. The van der Waals surface area contributed by atoms with E-state index in [-0.39, 0.29) is 0 Å². The zero-order valence-corrected chi connectivity index (χ0v) is 23.0. The average molecular weight is 567 g/mol. The van der Waals surface area contributed by atoms with Crippen molar-refractivity contribution in [2.75, 3.05) is 26.3 Å². The molecule has 0 N–H and O–H groups in total. The van der Waals surface area contributed by atoms with Crippen molar-refractivity contribution in [2.24, 2.45) is 5.92 Å². The Kier molecular flexibility index (Phi) is 8.74. The van der Waals surface area contributed by atoms with Gasteiger partial charge in [0.1, 0.15) is 0 Å². The van der Waals surface area contributed by atoms with Crippen LogP contribution in [0.5, 0.6) is 0 Å². The molecular weight excluding hydrogens is 534 g/mol. The number of piperidine rings is 1. The van der Waals surface area contributed by atoms with Crippen LogP contribution in [0.4, 0.5) is 0 Å². The van der Waals surface area contributed by atoms with E-state index in [9.17, 15) is 8.42 Å². The number of ether oxygens (including phenoxy) is 1. The van der Waals surface area contributed by atoms with Gasteiger partial charge in [0, 0.05) is 43.1 Å². The molecule has 1 aliphatic heterocycles. The highest BCUT2D eigenvalue weighted by atomic mass is 79.9. The van der Waals surface area contributed by atoms with E-state index < -0.39 is 10.0 Å². The summed E-state index contributed by atoms with van der Waals surface area (Å²) in [4.78, 5) is 5.21. The lowest BCUT2D eigenvalue weighted by molar-refractivity contribution is 0.141. The Balaban J connectivity index is 1.64. The molecule has 2 aromatic carbocycles. The second kappa shape index (κ2) is 11.6. The second-order valence-corrected chi connectivity index (χ2v) is 12.5. The van der Waals surface area contributed by atoms with Gasteiger partial charge < -0.3 is 9.30 Å². The molecule has 184 valence electrons. The van der Waals surface area contributed by atoms with Crippen molar-refractivity contribution in [1.29, 1.82) is 0 Å². The van der Waals surface area contributed by atoms with Gasteiger partial charge in [-0.1, -0.05) is 52.8 Å². The lowest BCUT2D eigenvalue weighted by atomic mass is 10.0. The van der Waals surface area contributed by atoms with Gasteiger partial charge in [-0.3, -0.25) is 0 Å². The van der Waals surface area contributed by atoms with Crippen molar-refractivity contribution in [2.45, 2.75) is 55.5 Å². The van der Waals surface area contributed by atoms with Gasteiger partial charge in [0.2, 0.25) is 10.0 Å². The average Bonchev–Trinajstić information content (AvgIpc) is 3.18. The molecule has 9 heteroatoms. The van der Waals surface area contributed by atoms with Crippen molar-refractivity contribution in [1.82, 2.24) is 13.9 Å². The number of rotatable bonds is 10. The summed E-state index contributed by atoms with van der Waals surface area (Å²) in [6.07, 6.45) is 2.86. The molecule has 0 radical (unpaired) electrons. The summed E-state index contributed by atoms with van der Waals surface area (Å²) in [5, 5.41) is 0.892. The van der Waals surface area contributed by atoms with Crippen LogP contribution in [0.1, 0.15) is 38.7 Å². The molecule has 1 atom stereocenters. The molecular formula is C25H32BrN3O3S2. The summed E-state index contributed by atoms with van der Waals surface area (Å²) >= 11 is 5.29. The first kappa shape index (κ1) is 25.7. The summed E-state index contributed by atoms with van der Waals surface area (Å²) < 4.78 is 37.1. The fraction of sp³-hybridized carbons (Fsp3) is 0.480.